The fourth-order valence-electron chi connectivity index (χ4n) is 5.25. The van der Waals surface area contributed by atoms with Gasteiger partial charge in [0.15, 0.2) is 0 Å². The molecule has 0 aromatic heterocycles. The molecule has 0 bridgehead atoms. The van der Waals surface area contributed by atoms with Gasteiger partial charge in [-0.3, -0.25) is 0 Å². The molecular weight excluding hydrogens is 380 g/mol. The first-order chi connectivity index (χ1) is 15.3. The number of fused-ring (bicyclic) bond motifs is 1. The minimum atomic E-state index is -0.790. The normalized spacial score (nSPS) is 18.4. The monoisotopic (exact) mass is 408 g/mol. The molecule has 3 nitrogen and oxygen atoms in total. The van der Waals surface area contributed by atoms with Gasteiger partial charge in [-0.25, -0.2) is 0 Å². The molecule has 0 amide bonds. The van der Waals surface area contributed by atoms with E-state index in [1.165, 1.54) is 31.5 Å². The second kappa shape index (κ2) is 8.57. The van der Waals surface area contributed by atoms with E-state index in [0.717, 1.165) is 35.4 Å². The summed E-state index contributed by atoms with van der Waals surface area (Å²) in [6, 6.07) is 29.7. The smallest absolute Gasteiger partial charge is 0.123 e. The Kier molecular flexibility index (Phi) is 5.49. The zero-order valence-corrected chi connectivity index (χ0v) is 17.8. The predicted octanol–water partition coefficient (Wildman–Crippen LogP) is 5.31. The first kappa shape index (κ1) is 19.8. The molecule has 3 aromatic rings. The van der Waals surface area contributed by atoms with E-state index in [1.807, 2.05) is 36.4 Å². The van der Waals surface area contributed by atoms with Crippen LogP contribution in [0.5, 0.6) is 5.75 Å². The van der Waals surface area contributed by atoms with Crippen molar-refractivity contribution < 1.29 is 4.74 Å². The molecule has 0 saturated carbocycles. The van der Waals surface area contributed by atoms with Crippen LogP contribution in [0, 0.1) is 11.3 Å². The van der Waals surface area contributed by atoms with Crippen LogP contribution in [0.4, 0.5) is 0 Å². The van der Waals surface area contributed by atoms with E-state index >= 15 is 0 Å². The number of nitrogens with zero attached hydrogens (tertiary/aromatic N) is 2. The molecule has 3 aromatic carbocycles. The highest BCUT2D eigenvalue weighted by atomic mass is 16.5. The molecule has 1 saturated heterocycles. The minimum absolute atomic E-state index is 0.0518. The van der Waals surface area contributed by atoms with Gasteiger partial charge in [0.05, 0.1) is 12.7 Å². The van der Waals surface area contributed by atoms with Gasteiger partial charge in [-0.15, -0.1) is 0 Å². The topological polar surface area (TPSA) is 36.3 Å². The van der Waals surface area contributed by atoms with Gasteiger partial charge in [0.2, 0.25) is 0 Å². The van der Waals surface area contributed by atoms with E-state index in [2.05, 4.69) is 53.4 Å². The van der Waals surface area contributed by atoms with Gasteiger partial charge in [0.25, 0.3) is 0 Å². The summed E-state index contributed by atoms with van der Waals surface area (Å²) in [7, 11) is 0. The van der Waals surface area contributed by atoms with Crippen molar-refractivity contribution in [2.75, 3.05) is 26.2 Å². The van der Waals surface area contributed by atoms with Gasteiger partial charge in [0, 0.05) is 18.0 Å². The first-order valence-corrected chi connectivity index (χ1v) is 11.3. The highest BCUT2D eigenvalue weighted by Gasteiger charge is 2.47. The lowest BCUT2D eigenvalue weighted by Crippen LogP contribution is -2.34. The van der Waals surface area contributed by atoms with Crippen LogP contribution >= 0.6 is 0 Å². The molecule has 2 aliphatic heterocycles. The Balaban J connectivity index is 1.55. The lowest BCUT2D eigenvalue weighted by Gasteiger charge is -2.33. The molecule has 0 aliphatic carbocycles. The molecule has 0 unspecified atom stereocenters. The Bertz CT molecular complexity index is 1030. The quantitative estimate of drug-likeness (QED) is 0.554. The van der Waals surface area contributed by atoms with Gasteiger partial charge in [-0.1, -0.05) is 72.8 Å². The van der Waals surface area contributed by atoms with E-state index in [1.54, 1.807) is 0 Å². The Hall–Kier alpha value is -3.09. The van der Waals surface area contributed by atoms with Crippen LogP contribution < -0.4 is 4.74 Å². The highest BCUT2D eigenvalue weighted by molar-refractivity contribution is 5.55. The van der Waals surface area contributed by atoms with Gasteiger partial charge in [-0.2, -0.15) is 5.26 Å². The van der Waals surface area contributed by atoms with Crippen LogP contribution in [0.3, 0.4) is 0 Å². The number of ether oxygens (including phenoxy) is 1. The van der Waals surface area contributed by atoms with Crippen LogP contribution in [-0.4, -0.2) is 31.1 Å². The van der Waals surface area contributed by atoms with Gasteiger partial charge in [-0.05, 0) is 55.1 Å². The summed E-state index contributed by atoms with van der Waals surface area (Å²) in [4.78, 5) is 2.55. The molecule has 0 N–H and O–H groups in total. The van der Waals surface area contributed by atoms with Crippen molar-refractivity contribution in [2.24, 2.45) is 0 Å². The van der Waals surface area contributed by atoms with E-state index < -0.39 is 5.41 Å². The van der Waals surface area contributed by atoms with Crippen molar-refractivity contribution in [3.63, 3.8) is 0 Å². The summed E-state index contributed by atoms with van der Waals surface area (Å²) in [5, 5.41) is 10.7. The van der Waals surface area contributed by atoms with Gasteiger partial charge < -0.3 is 9.64 Å². The Morgan fingerprint density at radius 3 is 2.16 bits per heavy atom. The molecule has 1 atom stereocenters. The van der Waals surface area contributed by atoms with Crippen molar-refractivity contribution in [3.8, 4) is 11.8 Å². The maximum atomic E-state index is 10.7. The summed E-state index contributed by atoms with van der Waals surface area (Å²) < 4.78 is 6.13. The average Bonchev–Trinajstić information content (AvgIpc) is 3.50. The lowest BCUT2D eigenvalue weighted by atomic mass is 9.65. The summed E-state index contributed by atoms with van der Waals surface area (Å²) in [5.41, 5.74) is 3.74. The largest absolute Gasteiger partial charge is 0.493 e. The molecule has 3 heteroatoms. The van der Waals surface area contributed by atoms with Crippen molar-refractivity contribution in [1.82, 2.24) is 4.90 Å². The zero-order valence-electron chi connectivity index (χ0n) is 17.8. The summed E-state index contributed by atoms with van der Waals surface area (Å²) in [6.07, 6.45) is 3.67. The molecule has 1 fully saturated rings. The maximum absolute atomic E-state index is 10.7. The molecular formula is C28H28N2O. The van der Waals surface area contributed by atoms with Crippen molar-refractivity contribution in [2.45, 2.75) is 30.6 Å². The number of hydrogen-bond donors (Lipinski definition) is 0. The van der Waals surface area contributed by atoms with E-state index in [9.17, 15) is 5.26 Å². The number of benzene rings is 3. The van der Waals surface area contributed by atoms with Crippen LogP contribution in [0.25, 0.3) is 0 Å². The Labute approximate surface area is 184 Å². The minimum Gasteiger partial charge on any atom is -0.493 e. The Morgan fingerprint density at radius 2 is 1.55 bits per heavy atom. The number of rotatable bonds is 6. The third-order valence-electron chi connectivity index (χ3n) is 6.93. The van der Waals surface area contributed by atoms with Crippen LogP contribution in [0.15, 0.2) is 78.9 Å². The average molecular weight is 409 g/mol. The molecule has 31 heavy (non-hydrogen) atoms. The molecule has 0 spiro atoms. The predicted molar refractivity (Wildman–Crippen MR) is 123 cm³/mol. The maximum Gasteiger partial charge on any atom is 0.123 e. The first-order valence-electron chi connectivity index (χ1n) is 11.3. The van der Waals surface area contributed by atoms with Crippen LogP contribution in [0.1, 0.15) is 41.0 Å². The lowest BCUT2D eigenvalue weighted by molar-refractivity contribution is 0.305. The molecule has 2 aliphatic rings. The van der Waals surface area contributed by atoms with E-state index in [4.69, 9.17) is 4.74 Å². The highest BCUT2D eigenvalue weighted by Crippen LogP contribution is 2.50. The van der Waals surface area contributed by atoms with Crippen molar-refractivity contribution in [3.05, 3.63) is 101 Å². The number of nitriles is 1. The molecule has 0 radical (unpaired) electrons. The summed E-state index contributed by atoms with van der Waals surface area (Å²) in [6.45, 7) is 4.06. The zero-order chi connectivity index (χ0) is 21.1. The molecule has 2 heterocycles. The SMILES string of the molecule is N#CC(c1ccccc1)(c1ccccc1)[C@@H]1COc2ccc(CCN3CCCC3)cc21. The standard InChI is InChI=1S/C28H28N2O/c29-21-28(23-9-3-1-4-10-23,24-11-5-2-6-12-24)26-20-31-27-14-13-22(19-25(26)27)15-18-30-16-7-8-17-30/h1-6,9-14,19,26H,7-8,15-18,20H2/t26-/m1/s1. The number of likely N-dealkylation sites (tertiary alicyclic amines) is 1. The molecule has 5 rings (SSSR count). The summed E-state index contributed by atoms with van der Waals surface area (Å²) >= 11 is 0. The fraction of sp³-hybridized carbons (Fsp3) is 0.321. The van der Waals surface area contributed by atoms with Crippen LogP contribution in [0.2, 0.25) is 0 Å². The fourth-order valence-corrected chi connectivity index (χ4v) is 5.25. The van der Waals surface area contributed by atoms with Crippen molar-refractivity contribution in [1.29, 1.82) is 5.26 Å². The summed E-state index contributed by atoms with van der Waals surface area (Å²) in [5.74, 6) is 0.866. The van der Waals surface area contributed by atoms with Gasteiger partial charge >= 0.3 is 0 Å². The van der Waals surface area contributed by atoms with E-state index in [-0.39, 0.29) is 5.92 Å². The third kappa shape index (κ3) is 3.62. The second-order valence-electron chi connectivity index (χ2n) is 8.69. The Morgan fingerprint density at radius 1 is 0.903 bits per heavy atom. The third-order valence-corrected chi connectivity index (χ3v) is 6.93. The van der Waals surface area contributed by atoms with Gasteiger partial charge in [0.1, 0.15) is 11.2 Å². The molecule has 156 valence electrons. The number of hydrogen-bond acceptors (Lipinski definition) is 3. The van der Waals surface area contributed by atoms with Crippen molar-refractivity contribution >= 4 is 0 Å². The second-order valence-corrected chi connectivity index (χ2v) is 8.69. The van der Waals surface area contributed by atoms with E-state index in [0.29, 0.717) is 6.61 Å². The van der Waals surface area contributed by atoms with Crippen LogP contribution in [-0.2, 0) is 11.8 Å².